The summed E-state index contributed by atoms with van der Waals surface area (Å²) in [6, 6.07) is 14.8. The van der Waals surface area contributed by atoms with Crippen LogP contribution >= 0.6 is 0 Å². The number of rotatable bonds is 7. The third-order valence-electron chi connectivity index (χ3n) is 6.13. The van der Waals surface area contributed by atoms with Gasteiger partial charge in [-0.25, -0.2) is 5.01 Å². The number of hydrogen-bond donors (Lipinski definition) is 1. The van der Waals surface area contributed by atoms with Crippen molar-refractivity contribution >= 4 is 33.7 Å². The van der Waals surface area contributed by atoms with Crippen LogP contribution < -0.4 is 10.2 Å². The predicted octanol–water partition coefficient (Wildman–Crippen LogP) is 3.38. The number of fused-ring (bicyclic) bond motifs is 1. The number of carbonyl (C=O) groups excluding carboxylic acids is 1. The third kappa shape index (κ3) is 5.64. The Morgan fingerprint density at radius 3 is 2.50 bits per heavy atom. The van der Waals surface area contributed by atoms with Crippen molar-refractivity contribution in [3.8, 4) is 0 Å². The van der Waals surface area contributed by atoms with Crippen molar-refractivity contribution in [1.82, 2.24) is 10.3 Å². The highest BCUT2D eigenvalue weighted by Gasteiger charge is 2.32. The highest BCUT2D eigenvalue weighted by Crippen LogP contribution is 2.28. The molecule has 1 heterocycles. The van der Waals surface area contributed by atoms with Crippen molar-refractivity contribution in [3.05, 3.63) is 59.7 Å². The quantitative estimate of drug-likeness (QED) is 0.483. The van der Waals surface area contributed by atoms with Gasteiger partial charge in [-0.3, -0.25) is 4.79 Å². The molecule has 0 aromatic heterocycles. The van der Waals surface area contributed by atoms with Crippen LogP contribution in [0.25, 0.3) is 0 Å². The predicted molar refractivity (Wildman–Crippen MR) is 135 cm³/mol. The summed E-state index contributed by atoms with van der Waals surface area (Å²) in [5.41, 5.74) is 2.42. The average molecular weight is 482 g/mol. The third-order valence-corrected chi connectivity index (χ3v) is 7.46. The number of nitrogens with one attached hydrogen (secondary N) is 1. The van der Waals surface area contributed by atoms with Crippen molar-refractivity contribution in [1.29, 1.82) is 0 Å². The first-order chi connectivity index (χ1) is 16.3. The van der Waals surface area contributed by atoms with Crippen molar-refractivity contribution in [2.45, 2.75) is 49.5 Å². The minimum atomic E-state index is -3.79. The molecule has 34 heavy (non-hydrogen) atoms. The van der Waals surface area contributed by atoms with E-state index in [1.54, 1.807) is 30.5 Å². The fraction of sp³-hybridized carbons (Fsp3) is 0.400. The number of anilines is 1. The topological polar surface area (TPSA) is 94.4 Å². The Bertz CT molecular complexity index is 1180. The van der Waals surface area contributed by atoms with Crippen molar-refractivity contribution < 1.29 is 13.2 Å². The average Bonchev–Trinajstić information content (AvgIpc) is 3.11. The summed E-state index contributed by atoms with van der Waals surface area (Å²) >= 11 is 0. The Morgan fingerprint density at radius 2 is 1.79 bits per heavy atom. The van der Waals surface area contributed by atoms with E-state index in [-0.39, 0.29) is 35.6 Å². The number of nitrogens with zero attached hydrogens (tertiary/aromatic N) is 4. The molecule has 180 valence electrons. The van der Waals surface area contributed by atoms with E-state index < -0.39 is 10.0 Å². The molecule has 1 fully saturated rings. The van der Waals surface area contributed by atoms with Gasteiger partial charge in [-0.15, -0.1) is 4.40 Å². The SMILES string of the molecule is CN(C)c1ccc(/C=N/N(CCC(=O)NC2CCCCC2)C2=NS(=O)(=O)c3ccccc32)cc1. The molecule has 9 heteroatoms. The van der Waals surface area contributed by atoms with Gasteiger partial charge in [0.1, 0.15) is 4.90 Å². The Labute approximate surface area is 201 Å². The smallest absolute Gasteiger partial charge is 0.285 e. The second kappa shape index (κ2) is 10.4. The minimum Gasteiger partial charge on any atom is -0.378 e. The molecule has 1 saturated carbocycles. The fourth-order valence-corrected chi connectivity index (χ4v) is 5.45. The first kappa shape index (κ1) is 23.9. The van der Waals surface area contributed by atoms with E-state index in [9.17, 15) is 13.2 Å². The Morgan fingerprint density at radius 1 is 1.09 bits per heavy atom. The number of benzene rings is 2. The van der Waals surface area contributed by atoms with Gasteiger partial charge in [0.15, 0.2) is 5.84 Å². The lowest BCUT2D eigenvalue weighted by molar-refractivity contribution is -0.122. The number of carbonyl (C=O) groups is 1. The number of hydrazone groups is 1. The second-order valence-electron chi connectivity index (χ2n) is 8.89. The van der Waals surface area contributed by atoms with Gasteiger partial charge in [-0.1, -0.05) is 43.5 Å². The van der Waals surface area contributed by atoms with Crippen LogP contribution in [0.15, 0.2) is 62.9 Å². The van der Waals surface area contributed by atoms with Crippen LogP contribution in [-0.2, 0) is 14.8 Å². The maximum absolute atomic E-state index is 12.6. The van der Waals surface area contributed by atoms with Crippen LogP contribution in [0.5, 0.6) is 0 Å². The largest absolute Gasteiger partial charge is 0.378 e. The van der Waals surface area contributed by atoms with Gasteiger partial charge in [-0.2, -0.15) is 13.5 Å². The molecule has 2 aromatic carbocycles. The molecular formula is C25H31N5O3S. The number of hydrogen-bond acceptors (Lipinski definition) is 6. The van der Waals surface area contributed by atoms with Crippen molar-refractivity contribution in [2.24, 2.45) is 9.50 Å². The van der Waals surface area contributed by atoms with E-state index in [2.05, 4.69) is 14.8 Å². The fourth-order valence-electron chi connectivity index (χ4n) is 4.24. The Balaban J connectivity index is 1.54. The molecule has 0 spiro atoms. The standard InChI is InChI=1S/C25H31N5O3S/c1-29(2)21-14-12-19(13-15-21)18-26-30(17-16-24(31)27-20-8-4-3-5-9-20)25-22-10-6-7-11-23(22)34(32,33)28-25/h6-7,10-15,18,20H,3-5,8-9,16-17H2,1-2H3,(H,27,31)/b26-18+. The molecule has 1 aliphatic carbocycles. The monoisotopic (exact) mass is 481 g/mol. The summed E-state index contributed by atoms with van der Waals surface area (Å²) in [5.74, 6) is 0.180. The van der Waals surface area contributed by atoms with E-state index in [0.717, 1.165) is 36.9 Å². The van der Waals surface area contributed by atoms with Crippen molar-refractivity contribution in [2.75, 3.05) is 25.5 Å². The zero-order chi connectivity index (χ0) is 24.1. The van der Waals surface area contributed by atoms with Crippen molar-refractivity contribution in [3.63, 3.8) is 0 Å². The van der Waals surface area contributed by atoms with E-state index in [4.69, 9.17) is 0 Å². The van der Waals surface area contributed by atoms with Gasteiger partial charge >= 0.3 is 0 Å². The Hall–Kier alpha value is -3.20. The van der Waals surface area contributed by atoms with Gasteiger partial charge in [0, 0.05) is 37.8 Å². The minimum absolute atomic E-state index is 0.0582. The molecule has 2 aromatic rings. The molecule has 0 bridgehead atoms. The molecule has 0 saturated heterocycles. The summed E-state index contributed by atoms with van der Waals surface area (Å²) in [6.07, 6.45) is 7.36. The molecule has 1 amide bonds. The van der Waals surface area contributed by atoms with Gasteiger partial charge in [0.05, 0.1) is 12.8 Å². The number of amides is 1. The van der Waals surface area contributed by atoms with Gasteiger partial charge in [-0.05, 0) is 42.7 Å². The lowest BCUT2D eigenvalue weighted by atomic mass is 9.95. The Kier molecular flexibility index (Phi) is 7.31. The molecular weight excluding hydrogens is 450 g/mol. The highest BCUT2D eigenvalue weighted by atomic mass is 32.2. The summed E-state index contributed by atoms with van der Waals surface area (Å²) in [5, 5.41) is 9.18. The maximum atomic E-state index is 12.6. The van der Waals surface area contributed by atoms with Crippen LogP contribution in [0.3, 0.4) is 0 Å². The number of amidine groups is 1. The maximum Gasteiger partial charge on any atom is 0.285 e. The van der Waals surface area contributed by atoms with Crippen LogP contribution in [0.2, 0.25) is 0 Å². The molecule has 1 aliphatic heterocycles. The van der Waals surface area contributed by atoms with Gasteiger partial charge in [0.2, 0.25) is 5.91 Å². The molecule has 2 aliphatic rings. The van der Waals surface area contributed by atoms with Crippen LogP contribution in [0.4, 0.5) is 5.69 Å². The first-order valence-electron chi connectivity index (χ1n) is 11.7. The zero-order valence-electron chi connectivity index (χ0n) is 19.6. The normalized spacial score (nSPS) is 17.3. The van der Waals surface area contributed by atoms with E-state index >= 15 is 0 Å². The molecule has 0 atom stereocenters. The highest BCUT2D eigenvalue weighted by molar-refractivity contribution is 7.90. The summed E-state index contributed by atoms with van der Waals surface area (Å²) in [4.78, 5) is 14.8. The molecule has 1 N–H and O–H groups in total. The van der Waals surface area contributed by atoms with Crippen LogP contribution in [-0.4, -0.2) is 58.1 Å². The second-order valence-corrected chi connectivity index (χ2v) is 10.5. The lowest BCUT2D eigenvalue weighted by Crippen LogP contribution is -2.38. The molecule has 8 nitrogen and oxygen atoms in total. The van der Waals surface area contributed by atoms with E-state index in [0.29, 0.717) is 5.56 Å². The molecule has 0 radical (unpaired) electrons. The van der Waals surface area contributed by atoms with Gasteiger partial charge < -0.3 is 10.2 Å². The summed E-state index contributed by atoms with van der Waals surface area (Å²) < 4.78 is 29.2. The first-order valence-corrected chi connectivity index (χ1v) is 13.1. The molecule has 4 rings (SSSR count). The van der Waals surface area contributed by atoms with E-state index in [1.165, 1.54) is 11.4 Å². The lowest BCUT2D eigenvalue weighted by Gasteiger charge is -2.24. The summed E-state index contributed by atoms with van der Waals surface area (Å²) in [6.45, 7) is 0.216. The van der Waals surface area contributed by atoms with Crippen LogP contribution in [0.1, 0.15) is 49.7 Å². The van der Waals surface area contributed by atoms with Crippen LogP contribution in [0, 0.1) is 0 Å². The summed E-state index contributed by atoms with van der Waals surface area (Å²) in [7, 11) is 0.150. The number of sulfonamides is 1. The van der Waals surface area contributed by atoms with Gasteiger partial charge in [0.25, 0.3) is 10.0 Å². The van der Waals surface area contributed by atoms with E-state index in [1.807, 2.05) is 43.3 Å². The molecule has 0 unspecified atom stereocenters. The zero-order valence-corrected chi connectivity index (χ0v) is 20.5.